The Morgan fingerprint density at radius 2 is 2.12 bits per heavy atom. The van der Waals surface area contributed by atoms with Gasteiger partial charge in [0.2, 0.25) is 0 Å². The molecule has 0 saturated carbocycles. The molecule has 0 aliphatic carbocycles. The van der Waals surface area contributed by atoms with Crippen LogP contribution in [0.3, 0.4) is 0 Å². The molecule has 17 heavy (non-hydrogen) atoms. The van der Waals surface area contributed by atoms with E-state index in [9.17, 15) is 4.79 Å². The molecule has 0 bridgehead atoms. The van der Waals surface area contributed by atoms with Crippen LogP contribution in [0.15, 0.2) is 23.8 Å². The molecule has 0 atom stereocenters. The van der Waals surface area contributed by atoms with Crippen LogP contribution >= 0.6 is 0 Å². The molecule has 0 aliphatic rings. The summed E-state index contributed by atoms with van der Waals surface area (Å²) in [6.07, 6.45) is 1.39. The second-order valence-electron chi connectivity index (χ2n) is 3.91. The van der Waals surface area contributed by atoms with Gasteiger partial charge in [-0.1, -0.05) is 6.07 Å². The van der Waals surface area contributed by atoms with Crippen molar-refractivity contribution in [2.24, 2.45) is 0 Å². The number of rotatable bonds is 3. The first kappa shape index (κ1) is 12.8. The van der Waals surface area contributed by atoms with Gasteiger partial charge in [-0.3, -0.25) is 0 Å². The highest BCUT2D eigenvalue weighted by Crippen LogP contribution is 2.19. The third-order valence-corrected chi connectivity index (χ3v) is 2.42. The fourth-order valence-corrected chi connectivity index (χ4v) is 1.40. The van der Waals surface area contributed by atoms with E-state index in [1.165, 1.54) is 6.08 Å². The summed E-state index contributed by atoms with van der Waals surface area (Å²) in [5.41, 5.74) is 2.46. The summed E-state index contributed by atoms with van der Waals surface area (Å²) < 4.78 is 0. The van der Waals surface area contributed by atoms with E-state index in [0.717, 1.165) is 16.8 Å². The zero-order valence-corrected chi connectivity index (χ0v) is 10.1. The smallest absolute Gasteiger partial charge is 0.346 e. The van der Waals surface area contributed by atoms with E-state index in [1.54, 1.807) is 6.07 Å². The summed E-state index contributed by atoms with van der Waals surface area (Å²) in [6, 6.07) is 7.31. The van der Waals surface area contributed by atoms with Gasteiger partial charge in [0.05, 0.1) is 0 Å². The van der Waals surface area contributed by atoms with Crippen molar-refractivity contribution in [2.45, 2.75) is 6.92 Å². The Kier molecular flexibility index (Phi) is 3.89. The van der Waals surface area contributed by atoms with Crippen LogP contribution in [-0.2, 0) is 4.79 Å². The minimum absolute atomic E-state index is 0.259. The van der Waals surface area contributed by atoms with Crippen LogP contribution in [0.4, 0.5) is 5.69 Å². The molecule has 0 fully saturated rings. The Balaban J connectivity index is 3.18. The normalized spacial score (nSPS) is 10.8. The average molecular weight is 230 g/mol. The fourth-order valence-electron chi connectivity index (χ4n) is 1.40. The third kappa shape index (κ3) is 3.08. The number of nitriles is 1. The molecule has 1 aromatic carbocycles. The number of aryl methyl sites for hydroxylation is 1. The standard InChI is InChI=1S/C13H14N2O2/c1-9-6-12(15(2)3)5-4-10(9)7-11(8-14)13(16)17/h4-7H,1-3H3,(H,16,17). The Hall–Kier alpha value is -2.28. The lowest BCUT2D eigenvalue weighted by Crippen LogP contribution is -2.08. The lowest BCUT2D eigenvalue weighted by molar-refractivity contribution is -0.132. The highest BCUT2D eigenvalue weighted by atomic mass is 16.4. The van der Waals surface area contributed by atoms with Crippen molar-refractivity contribution in [1.82, 2.24) is 0 Å². The van der Waals surface area contributed by atoms with Gasteiger partial charge in [-0.2, -0.15) is 5.26 Å². The molecule has 0 aliphatic heterocycles. The van der Waals surface area contributed by atoms with Gasteiger partial charge < -0.3 is 10.0 Å². The number of hydrogen-bond acceptors (Lipinski definition) is 3. The maximum Gasteiger partial charge on any atom is 0.346 e. The number of carbonyl (C=O) groups is 1. The number of carboxylic acids is 1. The van der Waals surface area contributed by atoms with Gasteiger partial charge in [-0.05, 0) is 36.3 Å². The SMILES string of the molecule is Cc1cc(N(C)C)ccc1C=C(C#N)C(=O)O. The van der Waals surface area contributed by atoms with Gasteiger partial charge in [0.15, 0.2) is 0 Å². The predicted octanol–water partition coefficient (Wildman–Crippen LogP) is 2.05. The number of nitrogens with zero attached hydrogens (tertiary/aromatic N) is 2. The minimum atomic E-state index is -1.21. The molecule has 88 valence electrons. The van der Waals surface area contributed by atoms with Crippen molar-refractivity contribution in [3.05, 3.63) is 34.9 Å². The van der Waals surface area contributed by atoms with Crippen LogP contribution in [0.1, 0.15) is 11.1 Å². The molecule has 0 saturated heterocycles. The van der Waals surface area contributed by atoms with Crippen molar-refractivity contribution >= 4 is 17.7 Å². The molecule has 0 radical (unpaired) electrons. The van der Waals surface area contributed by atoms with Crippen LogP contribution in [0.25, 0.3) is 6.08 Å². The van der Waals surface area contributed by atoms with Gasteiger partial charge in [0.25, 0.3) is 0 Å². The van der Waals surface area contributed by atoms with Gasteiger partial charge in [0, 0.05) is 19.8 Å². The maximum absolute atomic E-state index is 10.7. The van der Waals surface area contributed by atoms with Gasteiger partial charge in [0.1, 0.15) is 11.6 Å². The zero-order valence-electron chi connectivity index (χ0n) is 10.1. The largest absolute Gasteiger partial charge is 0.477 e. The molecule has 1 aromatic rings. The summed E-state index contributed by atoms with van der Waals surface area (Å²) in [6.45, 7) is 1.88. The Bertz CT molecular complexity index is 511. The summed E-state index contributed by atoms with van der Waals surface area (Å²) in [4.78, 5) is 12.7. The first-order valence-electron chi connectivity index (χ1n) is 5.08. The molecular formula is C13H14N2O2. The molecule has 0 heterocycles. The molecule has 0 spiro atoms. The molecule has 4 heteroatoms. The van der Waals surface area contributed by atoms with Crippen molar-refractivity contribution < 1.29 is 9.90 Å². The summed E-state index contributed by atoms with van der Waals surface area (Å²) in [5.74, 6) is -1.21. The second-order valence-corrected chi connectivity index (χ2v) is 3.91. The monoisotopic (exact) mass is 230 g/mol. The van der Waals surface area contributed by atoms with Crippen LogP contribution in [-0.4, -0.2) is 25.2 Å². The lowest BCUT2D eigenvalue weighted by atomic mass is 10.0. The van der Waals surface area contributed by atoms with Crippen LogP contribution in [0, 0.1) is 18.3 Å². The van der Waals surface area contributed by atoms with E-state index < -0.39 is 5.97 Å². The molecular weight excluding hydrogens is 216 g/mol. The number of anilines is 1. The zero-order chi connectivity index (χ0) is 13.0. The summed E-state index contributed by atoms with van der Waals surface area (Å²) in [5, 5.41) is 17.5. The maximum atomic E-state index is 10.7. The first-order chi connectivity index (χ1) is 7.95. The second kappa shape index (κ2) is 5.17. The Morgan fingerprint density at radius 3 is 2.53 bits per heavy atom. The Labute approximate surface area is 100 Å². The first-order valence-corrected chi connectivity index (χ1v) is 5.08. The van der Waals surface area contributed by atoms with Crippen LogP contribution in [0.5, 0.6) is 0 Å². The van der Waals surface area contributed by atoms with Crippen LogP contribution in [0.2, 0.25) is 0 Å². The van der Waals surface area contributed by atoms with E-state index in [4.69, 9.17) is 10.4 Å². The predicted molar refractivity (Wildman–Crippen MR) is 66.7 cm³/mol. The molecule has 4 nitrogen and oxygen atoms in total. The Morgan fingerprint density at radius 1 is 1.47 bits per heavy atom. The van der Waals surface area contributed by atoms with Crippen LogP contribution < -0.4 is 4.90 Å². The van der Waals surface area contributed by atoms with Crippen molar-refractivity contribution in [3.63, 3.8) is 0 Å². The minimum Gasteiger partial charge on any atom is -0.477 e. The van der Waals surface area contributed by atoms with E-state index in [1.807, 2.05) is 44.1 Å². The third-order valence-electron chi connectivity index (χ3n) is 2.42. The molecule has 0 amide bonds. The molecule has 1 rings (SSSR count). The van der Waals surface area contributed by atoms with Gasteiger partial charge in [-0.25, -0.2) is 4.79 Å². The van der Waals surface area contributed by atoms with E-state index in [-0.39, 0.29) is 5.57 Å². The number of benzene rings is 1. The quantitative estimate of drug-likeness (QED) is 0.637. The van der Waals surface area contributed by atoms with Crippen molar-refractivity contribution in [3.8, 4) is 6.07 Å². The highest BCUT2D eigenvalue weighted by molar-refractivity contribution is 5.96. The van der Waals surface area contributed by atoms with Crippen molar-refractivity contribution in [1.29, 1.82) is 5.26 Å². The lowest BCUT2D eigenvalue weighted by Gasteiger charge is -2.13. The summed E-state index contributed by atoms with van der Waals surface area (Å²) >= 11 is 0. The van der Waals surface area contributed by atoms with E-state index >= 15 is 0 Å². The number of carboxylic acid groups (broad SMARTS) is 1. The van der Waals surface area contributed by atoms with E-state index in [2.05, 4.69) is 0 Å². The summed E-state index contributed by atoms with van der Waals surface area (Å²) in [7, 11) is 3.87. The van der Waals surface area contributed by atoms with Crippen molar-refractivity contribution in [2.75, 3.05) is 19.0 Å². The highest BCUT2D eigenvalue weighted by Gasteiger charge is 2.07. The molecule has 0 unspecified atom stereocenters. The topological polar surface area (TPSA) is 64.3 Å². The van der Waals surface area contributed by atoms with Gasteiger partial charge in [-0.15, -0.1) is 0 Å². The fraction of sp³-hybridized carbons (Fsp3) is 0.231. The molecule has 1 N–H and O–H groups in total. The number of aliphatic carboxylic acids is 1. The number of hydrogen-bond donors (Lipinski definition) is 1. The molecule has 0 aromatic heterocycles. The van der Waals surface area contributed by atoms with E-state index in [0.29, 0.717) is 0 Å². The van der Waals surface area contributed by atoms with Gasteiger partial charge >= 0.3 is 5.97 Å². The average Bonchev–Trinajstić information content (AvgIpc) is 2.26.